The lowest BCUT2D eigenvalue weighted by Gasteiger charge is -2.25. The normalized spacial score (nSPS) is 11.1. The van der Waals surface area contributed by atoms with E-state index in [0.717, 1.165) is 0 Å². The number of carbonyl (C=O) groups is 2. The third-order valence-corrected chi connectivity index (χ3v) is 2.60. The first-order valence-electron chi connectivity index (χ1n) is 4.91. The highest BCUT2D eigenvalue weighted by Crippen LogP contribution is 2.31. The van der Waals surface area contributed by atoms with E-state index < -0.39 is 17.4 Å². The summed E-state index contributed by atoms with van der Waals surface area (Å²) in [6, 6.07) is 0. The Balaban J connectivity index is 4.51. The second kappa shape index (κ2) is 5.62. The van der Waals surface area contributed by atoms with Crippen LogP contribution in [0.2, 0.25) is 0 Å². The Labute approximate surface area is 84.3 Å². The molecule has 0 heterocycles. The molecule has 1 N–H and O–H groups in total. The number of esters is 1. The minimum absolute atomic E-state index is 0.0385. The van der Waals surface area contributed by atoms with E-state index in [2.05, 4.69) is 0 Å². The summed E-state index contributed by atoms with van der Waals surface area (Å²) >= 11 is 0. The molecule has 0 saturated carbocycles. The van der Waals surface area contributed by atoms with Crippen molar-refractivity contribution in [1.29, 1.82) is 0 Å². The van der Waals surface area contributed by atoms with Crippen molar-refractivity contribution in [2.24, 2.45) is 5.41 Å². The lowest BCUT2D eigenvalue weighted by atomic mass is 9.79. The molecule has 0 aliphatic rings. The topological polar surface area (TPSA) is 63.6 Å². The summed E-state index contributed by atoms with van der Waals surface area (Å²) in [7, 11) is 0. The van der Waals surface area contributed by atoms with Crippen LogP contribution in [0.1, 0.15) is 40.0 Å². The first-order chi connectivity index (χ1) is 6.52. The molecule has 0 aromatic heterocycles. The molecule has 4 nitrogen and oxygen atoms in total. The molecule has 0 aliphatic carbocycles. The average molecular weight is 202 g/mol. The molecule has 0 aromatic carbocycles. The van der Waals surface area contributed by atoms with Crippen LogP contribution >= 0.6 is 0 Å². The van der Waals surface area contributed by atoms with E-state index in [1.165, 1.54) is 0 Å². The largest absolute Gasteiger partial charge is 0.481 e. The number of ether oxygens (including phenoxy) is 1. The van der Waals surface area contributed by atoms with Gasteiger partial charge in [-0.15, -0.1) is 0 Å². The molecule has 0 rings (SSSR count). The second-order valence-corrected chi connectivity index (χ2v) is 3.27. The molecule has 14 heavy (non-hydrogen) atoms. The Morgan fingerprint density at radius 3 is 2.00 bits per heavy atom. The van der Waals surface area contributed by atoms with Crippen molar-refractivity contribution in [1.82, 2.24) is 0 Å². The van der Waals surface area contributed by atoms with Crippen LogP contribution in [0.25, 0.3) is 0 Å². The first kappa shape index (κ1) is 12.9. The van der Waals surface area contributed by atoms with Crippen molar-refractivity contribution < 1.29 is 19.4 Å². The van der Waals surface area contributed by atoms with Crippen LogP contribution in [0.5, 0.6) is 0 Å². The number of rotatable bonds is 6. The van der Waals surface area contributed by atoms with Crippen molar-refractivity contribution in [3.63, 3.8) is 0 Å². The van der Waals surface area contributed by atoms with E-state index in [1.54, 1.807) is 20.8 Å². The molecule has 0 saturated heterocycles. The third kappa shape index (κ3) is 3.01. The number of carboxylic acids is 1. The Morgan fingerprint density at radius 2 is 1.71 bits per heavy atom. The summed E-state index contributed by atoms with van der Waals surface area (Å²) in [5, 5.41) is 9.03. The lowest BCUT2D eigenvalue weighted by Crippen LogP contribution is -2.33. The highest BCUT2D eigenvalue weighted by atomic mass is 16.5. The molecule has 82 valence electrons. The molecule has 0 spiro atoms. The van der Waals surface area contributed by atoms with Gasteiger partial charge in [-0.1, -0.05) is 13.8 Å². The highest BCUT2D eigenvalue weighted by molar-refractivity contribution is 5.82. The van der Waals surface area contributed by atoms with Gasteiger partial charge in [0.05, 0.1) is 18.4 Å². The fourth-order valence-corrected chi connectivity index (χ4v) is 1.37. The van der Waals surface area contributed by atoms with Gasteiger partial charge >= 0.3 is 11.9 Å². The number of carbonyl (C=O) groups excluding carboxylic acids is 1. The maximum Gasteiger partial charge on any atom is 0.310 e. The summed E-state index contributed by atoms with van der Waals surface area (Å²) in [5.41, 5.74) is -0.952. The van der Waals surface area contributed by atoms with Crippen LogP contribution < -0.4 is 0 Å². The number of aliphatic carboxylic acids is 1. The van der Waals surface area contributed by atoms with Crippen molar-refractivity contribution >= 4 is 11.9 Å². The van der Waals surface area contributed by atoms with Gasteiger partial charge in [0.25, 0.3) is 0 Å². The zero-order valence-corrected chi connectivity index (χ0v) is 9.00. The number of hydrogen-bond acceptors (Lipinski definition) is 3. The van der Waals surface area contributed by atoms with Crippen LogP contribution in [0.15, 0.2) is 0 Å². The van der Waals surface area contributed by atoms with Gasteiger partial charge in [0, 0.05) is 0 Å². The summed E-state index contributed by atoms with van der Waals surface area (Å²) in [6.07, 6.45) is 0.846. The van der Waals surface area contributed by atoms with E-state index in [9.17, 15) is 9.59 Å². The predicted octanol–water partition coefficient (Wildman–Crippen LogP) is 1.83. The van der Waals surface area contributed by atoms with Crippen LogP contribution in [-0.4, -0.2) is 23.7 Å². The van der Waals surface area contributed by atoms with Gasteiger partial charge < -0.3 is 9.84 Å². The lowest BCUT2D eigenvalue weighted by molar-refractivity contribution is -0.158. The standard InChI is InChI=1S/C10H18O4/c1-4-10(5-2,9(12)13)7-8(11)14-6-3/h4-7H2,1-3H3,(H,12,13). The third-order valence-electron chi connectivity index (χ3n) is 2.60. The van der Waals surface area contributed by atoms with Crippen LogP contribution in [0.4, 0.5) is 0 Å². The van der Waals surface area contributed by atoms with Crippen molar-refractivity contribution in [3.8, 4) is 0 Å². The Morgan fingerprint density at radius 1 is 1.21 bits per heavy atom. The minimum atomic E-state index is -0.952. The summed E-state index contributed by atoms with van der Waals surface area (Å²) in [5.74, 6) is -1.35. The van der Waals surface area contributed by atoms with E-state index >= 15 is 0 Å². The van der Waals surface area contributed by atoms with Gasteiger partial charge in [-0.05, 0) is 19.8 Å². The molecular formula is C10H18O4. The first-order valence-corrected chi connectivity index (χ1v) is 4.91. The van der Waals surface area contributed by atoms with Crippen molar-refractivity contribution in [2.45, 2.75) is 40.0 Å². The Kier molecular flexibility index (Phi) is 5.20. The SMILES string of the molecule is CCOC(=O)CC(CC)(CC)C(=O)O. The van der Waals surface area contributed by atoms with Gasteiger partial charge in [-0.2, -0.15) is 0 Å². The molecule has 0 fully saturated rings. The fourth-order valence-electron chi connectivity index (χ4n) is 1.37. The van der Waals surface area contributed by atoms with Crippen LogP contribution in [0.3, 0.4) is 0 Å². The van der Waals surface area contributed by atoms with Gasteiger partial charge in [-0.3, -0.25) is 9.59 Å². The van der Waals surface area contributed by atoms with Crippen molar-refractivity contribution in [3.05, 3.63) is 0 Å². The number of carboxylic acid groups (broad SMARTS) is 1. The van der Waals surface area contributed by atoms with Crippen molar-refractivity contribution in [2.75, 3.05) is 6.61 Å². The molecule has 0 atom stereocenters. The Bertz CT molecular complexity index is 206. The van der Waals surface area contributed by atoms with E-state index in [0.29, 0.717) is 19.4 Å². The van der Waals surface area contributed by atoms with E-state index in [4.69, 9.17) is 9.84 Å². The fraction of sp³-hybridized carbons (Fsp3) is 0.800. The van der Waals surface area contributed by atoms with Crippen LogP contribution in [-0.2, 0) is 14.3 Å². The highest BCUT2D eigenvalue weighted by Gasteiger charge is 2.37. The van der Waals surface area contributed by atoms with E-state index in [-0.39, 0.29) is 6.42 Å². The second-order valence-electron chi connectivity index (χ2n) is 3.27. The van der Waals surface area contributed by atoms with Gasteiger partial charge in [0.1, 0.15) is 0 Å². The van der Waals surface area contributed by atoms with Gasteiger partial charge in [-0.25, -0.2) is 0 Å². The summed E-state index contributed by atoms with van der Waals surface area (Å²) in [6.45, 7) is 5.55. The predicted molar refractivity (Wildman–Crippen MR) is 51.9 cm³/mol. The van der Waals surface area contributed by atoms with Gasteiger partial charge in [0.2, 0.25) is 0 Å². The number of hydrogen-bond donors (Lipinski definition) is 1. The molecule has 0 aromatic rings. The molecule has 0 amide bonds. The van der Waals surface area contributed by atoms with Crippen LogP contribution in [0, 0.1) is 5.41 Å². The zero-order valence-electron chi connectivity index (χ0n) is 9.00. The zero-order chi connectivity index (χ0) is 11.2. The van der Waals surface area contributed by atoms with Gasteiger partial charge in [0.15, 0.2) is 0 Å². The molecule has 4 heteroatoms. The summed E-state index contributed by atoms with van der Waals surface area (Å²) < 4.78 is 4.75. The molecule has 0 aliphatic heterocycles. The molecular weight excluding hydrogens is 184 g/mol. The molecule has 0 bridgehead atoms. The minimum Gasteiger partial charge on any atom is -0.481 e. The molecule has 0 unspecified atom stereocenters. The average Bonchev–Trinajstić information content (AvgIpc) is 2.14. The maximum absolute atomic E-state index is 11.2. The monoisotopic (exact) mass is 202 g/mol. The smallest absolute Gasteiger partial charge is 0.310 e. The molecule has 0 radical (unpaired) electrons. The summed E-state index contributed by atoms with van der Waals surface area (Å²) in [4.78, 5) is 22.2. The quantitative estimate of drug-likeness (QED) is 0.667. The Hall–Kier alpha value is -1.06. The van der Waals surface area contributed by atoms with E-state index in [1.807, 2.05) is 0 Å². The maximum atomic E-state index is 11.2.